The lowest BCUT2D eigenvalue weighted by atomic mass is 10.2. The number of nitrogens with zero attached hydrogens (tertiary/aromatic N) is 1. The average Bonchev–Trinajstić information content (AvgIpc) is 3.31. The van der Waals surface area contributed by atoms with E-state index in [9.17, 15) is 14.0 Å². The van der Waals surface area contributed by atoms with E-state index in [4.69, 9.17) is 0 Å². The third kappa shape index (κ3) is 3.46. The molecule has 1 heterocycles. The first-order valence-corrected chi connectivity index (χ1v) is 6.96. The van der Waals surface area contributed by atoms with E-state index in [-0.39, 0.29) is 23.3 Å². The van der Waals surface area contributed by atoms with Crippen LogP contribution < -0.4 is 10.6 Å². The van der Waals surface area contributed by atoms with Crippen LogP contribution in [0.4, 0.5) is 10.1 Å². The molecule has 1 aromatic carbocycles. The molecule has 1 saturated carbocycles. The zero-order valence-corrected chi connectivity index (χ0v) is 11.7. The van der Waals surface area contributed by atoms with Crippen molar-refractivity contribution in [2.75, 3.05) is 5.32 Å². The maximum atomic E-state index is 13.1. The fraction of sp³-hybridized carbons (Fsp3) is 0.188. The molecular weight excluding hydrogens is 285 g/mol. The highest BCUT2D eigenvalue weighted by Crippen LogP contribution is 2.19. The molecular formula is C16H14FN3O2. The third-order valence-corrected chi connectivity index (χ3v) is 3.21. The number of carbonyl (C=O) groups is 2. The number of halogens is 1. The molecule has 112 valence electrons. The van der Waals surface area contributed by atoms with Gasteiger partial charge < -0.3 is 10.6 Å². The van der Waals surface area contributed by atoms with Crippen molar-refractivity contribution in [1.82, 2.24) is 10.3 Å². The molecule has 1 aliphatic rings. The van der Waals surface area contributed by atoms with E-state index < -0.39 is 11.7 Å². The molecule has 2 amide bonds. The van der Waals surface area contributed by atoms with Crippen molar-refractivity contribution in [3.8, 4) is 0 Å². The highest BCUT2D eigenvalue weighted by molar-refractivity contribution is 6.03. The second-order valence-corrected chi connectivity index (χ2v) is 5.12. The minimum atomic E-state index is -0.494. The summed E-state index contributed by atoms with van der Waals surface area (Å²) in [6, 6.07) is 10.4. The van der Waals surface area contributed by atoms with Crippen LogP contribution in [0.5, 0.6) is 0 Å². The van der Waals surface area contributed by atoms with Crippen LogP contribution in [-0.4, -0.2) is 22.8 Å². The quantitative estimate of drug-likeness (QED) is 0.910. The van der Waals surface area contributed by atoms with Crippen LogP contribution in [0.2, 0.25) is 0 Å². The standard InChI is InChI=1S/C16H14FN3O2/c17-10-3-1-4-12(9-10)19-16(22)14-6-2-5-13(20-14)15(21)18-11-7-8-11/h1-6,9,11H,7-8H2,(H,18,21)(H,19,22). The zero-order chi connectivity index (χ0) is 15.5. The van der Waals surface area contributed by atoms with Gasteiger partial charge in [0.15, 0.2) is 0 Å². The molecule has 0 bridgehead atoms. The van der Waals surface area contributed by atoms with E-state index in [1.807, 2.05) is 0 Å². The summed E-state index contributed by atoms with van der Waals surface area (Å²) in [7, 11) is 0. The Labute approximate surface area is 126 Å². The zero-order valence-electron chi connectivity index (χ0n) is 11.7. The van der Waals surface area contributed by atoms with Crippen LogP contribution in [0, 0.1) is 5.82 Å². The van der Waals surface area contributed by atoms with Gasteiger partial charge in [-0.25, -0.2) is 9.37 Å². The van der Waals surface area contributed by atoms with Crippen LogP contribution in [0.1, 0.15) is 33.8 Å². The van der Waals surface area contributed by atoms with Crippen molar-refractivity contribution < 1.29 is 14.0 Å². The maximum absolute atomic E-state index is 13.1. The minimum Gasteiger partial charge on any atom is -0.348 e. The smallest absolute Gasteiger partial charge is 0.274 e. The molecule has 2 aromatic rings. The molecule has 0 saturated heterocycles. The van der Waals surface area contributed by atoms with E-state index in [1.54, 1.807) is 18.2 Å². The van der Waals surface area contributed by atoms with Crippen molar-refractivity contribution in [3.63, 3.8) is 0 Å². The van der Waals surface area contributed by atoms with Crippen LogP contribution in [-0.2, 0) is 0 Å². The number of hydrogen-bond acceptors (Lipinski definition) is 3. The number of hydrogen-bond donors (Lipinski definition) is 2. The molecule has 0 unspecified atom stereocenters. The van der Waals surface area contributed by atoms with Gasteiger partial charge in [0.25, 0.3) is 11.8 Å². The van der Waals surface area contributed by atoms with Crippen LogP contribution in [0.25, 0.3) is 0 Å². The summed E-state index contributed by atoms with van der Waals surface area (Å²) in [5.74, 6) is -1.22. The Morgan fingerprint density at radius 1 is 1.05 bits per heavy atom. The Balaban J connectivity index is 1.73. The number of aromatic nitrogens is 1. The topological polar surface area (TPSA) is 71.1 Å². The van der Waals surface area contributed by atoms with Crippen molar-refractivity contribution in [1.29, 1.82) is 0 Å². The molecule has 0 aliphatic heterocycles. The lowest BCUT2D eigenvalue weighted by molar-refractivity contribution is 0.0946. The Morgan fingerprint density at radius 3 is 2.41 bits per heavy atom. The Kier molecular flexibility index (Phi) is 3.82. The SMILES string of the molecule is O=C(Nc1cccc(F)c1)c1cccc(C(=O)NC2CC2)n1. The lowest BCUT2D eigenvalue weighted by Gasteiger charge is -2.07. The van der Waals surface area contributed by atoms with Gasteiger partial charge in [0.1, 0.15) is 17.2 Å². The fourth-order valence-electron chi connectivity index (χ4n) is 1.94. The normalized spacial score (nSPS) is 13.5. The Bertz CT molecular complexity index is 729. The van der Waals surface area contributed by atoms with Crippen molar-refractivity contribution >= 4 is 17.5 Å². The van der Waals surface area contributed by atoms with Crippen LogP contribution in [0.15, 0.2) is 42.5 Å². The van der Waals surface area contributed by atoms with Crippen LogP contribution in [0.3, 0.4) is 0 Å². The monoisotopic (exact) mass is 299 g/mol. The molecule has 1 aromatic heterocycles. The third-order valence-electron chi connectivity index (χ3n) is 3.21. The molecule has 0 atom stereocenters. The summed E-state index contributed by atoms with van der Waals surface area (Å²) < 4.78 is 13.1. The van der Waals surface area contributed by atoms with E-state index in [0.29, 0.717) is 5.69 Å². The Hall–Kier alpha value is -2.76. The van der Waals surface area contributed by atoms with E-state index in [2.05, 4.69) is 15.6 Å². The average molecular weight is 299 g/mol. The van der Waals surface area contributed by atoms with Gasteiger partial charge in [-0.2, -0.15) is 0 Å². The second-order valence-electron chi connectivity index (χ2n) is 5.12. The number of benzene rings is 1. The summed E-state index contributed by atoms with van der Waals surface area (Å²) in [5.41, 5.74) is 0.631. The largest absolute Gasteiger partial charge is 0.348 e. The molecule has 0 radical (unpaired) electrons. The number of rotatable bonds is 4. The van der Waals surface area contributed by atoms with Gasteiger partial charge in [-0.15, -0.1) is 0 Å². The van der Waals surface area contributed by atoms with Gasteiger partial charge >= 0.3 is 0 Å². The molecule has 6 heteroatoms. The summed E-state index contributed by atoms with van der Waals surface area (Å²) in [4.78, 5) is 28.1. The maximum Gasteiger partial charge on any atom is 0.274 e. The minimum absolute atomic E-state index is 0.104. The predicted octanol–water partition coefficient (Wildman–Crippen LogP) is 2.37. The summed E-state index contributed by atoms with van der Waals surface area (Å²) in [6.07, 6.45) is 1.96. The molecule has 3 rings (SSSR count). The first-order valence-electron chi connectivity index (χ1n) is 6.96. The first-order chi connectivity index (χ1) is 10.6. The van der Waals surface area contributed by atoms with Gasteiger partial charge in [-0.05, 0) is 43.2 Å². The molecule has 1 aliphatic carbocycles. The van der Waals surface area contributed by atoms with Gasteiger partial charge in [-0.1, -0.05) is 12.1 Å². The van der Waals surface area contributed by atoms with Crippen molar-refractivity contribution in [3.05, 3.63) is 59.7 Å². The van der Waals surface area contributed by atoms with E-state index in [0.717, 1.165) is 12.8 Å². The summed E-state index contributed by atoms with van der Waals surface area (Å²) >= 11 is 0. The van der Waals surface area contributed by atoms with Gasteiger partial charge in [0, 0.05) is 11.7 Å². The molecule has 0 spiro atoms. The molecule has 5 nitrogen and oxygen atoms in total. The van der Waals surface area contributed by atoms with Crippen molar-refractivity contribution in [2.45, 2.75) is 18.9 Å². The molecule has 22 heavy (non-hydrogen) atoms. The summed E-state index contributed by atoms with van der Waals surface area (Å²) in [5, 5.41) is 5.36. The number of anilines is 1. The molecule has 1 fully saturated rings. The fourth-order valence-corrected chi connectivity index (χ4v) is 1.94. The predicted molar refractivity (Wildman–Crippen MR) is 79.1 cm³/mol. The van der Waals surface area contributed by atoms with E-state index >= 15 is 0 Å². The highest BCUT2D eigenvalue weighted by atomic mass is 19.1. The van der Waals surface area contributed by atoms with Gasteiger partial charge in [0.2, 0.25) is 0 Å². The van der Waals surface area contributed by atoms with E-state index in [1.165, 1.54) is 24.3 Å². The van der Waals surface area contributed by atoms with Gasteiger partial charge in [0.05, 0.1) is 0 Å². The number of nitrogens with one attached hydrogen (secondary N) is 2. The number of amides is 2. The highest BCUT2D eigenvalue weighted by Gasteiger charge is 2.24. The molecule has 2 N–H and O–H groups in total. The number of carbonyl (C=O) groups excluding carboxylic acids is 2. The number of pyridine rings is 1. The second kappa shape index (κ2) is 5.93. The van der Waals surface area contributed by atoms with Crippen molar-refractivity contribution in [2.24, 2.45) is 0 Å². The summed E-state index contributed by atoms with van der Waals surface area (Å²) in [6.45, 7) is 0. The van der Waals surface area contributed by atoms with Crippen LogP contribution >= 0.6 is 0 Å². The van der Waals surface area contributed by atoms with Gasteiger partial charge in [-0.3, -0.25) is 9.59 Å². The Morgan fingerprint density at radius 2 is 1.73 bits per heavy atom. The lowest BCUT2D eigenvalue weighted by Crippen LogP contribution is -2.27. The first kappa shape index (κ1) is 14.2.